The van der Waals surface area contributed by atoms with E-state index in [1.54, 1.807) is 21.3 Å². The molecule has 0 heterocycles. The molecule has 0 aliphatic rings. The van der Waals surface area contributed by atoms with Gasteiger partial charge in [0.1, 0.15) is 13.2 Å². The van der Waals surface area contributed by atoms with E-state index in [-0.39, 0.29) is 6.09 Å². The zero-order valence-corrected chi connectivity index (χ0v) is 25.0. The Hall–Kier alpha value is -0.973. The summed E-state index contributed by atoms with van der Waals surface area (Å²) in [6, 6.07) is 0.655. The molecular weight excluding hydrogens is 537 g/mol. The van der Waals surface area contributed by atoms with Crippen LogP contribution in [0.4, 0.5) is 18.0 Å². The number of carbonyl (C=O) groups is 1. The molecule has 0 saturated carbocycles. The van der Waals surface area contributed by atoms with Crippen molar-refractivity contribution < 1.29 is 53.4 Å². The summed E-state index contributed by atoms with van der Waals surface area (Å²) in [6.07, 6.45) is 7.67. The van der Waals surface area contributed by atoms with Crippen molar-refractivity contribution in [1.29, 1.82) is 0 Å². The minimum Gasteiger partial charge on any atom is -0.741 e. The summed E-state index contributed by atoms with van der Waals surface area (Å²) in [5.74, 6) is 0. The van der Waals surface area contributed by atoms with E-state index >= 15 is 0 Å². The molecular formula is C22H47F3N2O8SSi. The monoisotopic (exact) mass is 584 g/mol. The Morgan fingerprint density at radius 1 is 0.865 bits per heavy atom. The average molecular weight is 585 g/mol. The number of hydrogen-bond donors (Lipinski definition) is 1. The van der Waals surface area contributed by atoms with Crippen LogP contribution in [0.1, 0.15) is 65.7 Å². The number of nitrogens with zero attached hydrogens (tertiary/aromatic N) is 1. The number of carbonyl (C=O) groups excluding carboxylic acids is 1. The van der Waals surface area contributed by atoms with Crippen LogP contribution in [0.25, 0.3) is 0 Å². The van der Waals surface area contributed by atoms with Crippen LogP contribution in [0.5, 0.6) is 0 Å². The third-order valence-corrected chi connectivity index (χ3v) is 9.30. The third-order valence-electron chi connectivity index (χ3n) is 5.90. The van der Waals surface area contributed by atoms with Gasteiger partial charge < -0.3 is 32.4 Å². The zero-order valence-electron chi connectivity index (χ0n) is 23.2. The Bertz CT molecular complexity index is 666. The van der Waals surface area contributed by atoms with Crippen LogP contribution < -0.4 is 5.32 Å². The fraction of sp³-hybridized carbons (Fsp3) is 0.955. The van der Waals surface area contributed by atoms with Crippen molar-refractivity contribution in [3.8, 4) is 0 Å². The maximum atomic E-state index is 12.1. The maximum Gasteiger partial charge on any atom is 0.500 e. The molecule has 0 unspecified atom stereocenters. The number of nitrogens with one attached hydrogen (secondary N) is 1. The van der Waals surface area contributed by atoms with Crippen molar-refractivity contribution in [3.05, 3.63) is 0 Å². The van der Waals surface area contributed by atoms with E-state index in [4.69, 9.17) is 31.0 Å². The number of alkyl carbamates (subject to hydrolysis) is 1. The zero-order chi connectivity index (χ0) is 29.0. The van der Waals surface area contributed by atoms with E-state index in [1.165, 1.54) is 58.2 Å². The molecule has 15 heteroatoms. The molecule has 0 atom stereocenters. The Labute approximate surface area is 221 Å². The van der Waals surface area contributed by atoms with Gasteiger partial charge in [-0.3, -0.25) is 0 Å². The van der Waals surface area contributed by atoms with E-state index in [1.807, 2.05) is 0 Å². The van der Waals surface area contributed by atoms with Gasteiger partial charge in [-0.15, -0.1) is 0 Å². The number of alkyl halides is 3. The molecule has 0 bridgehead atoms. The van der Waals surface area contributed by atoms with Gasteiger partial charge in [0.2, 0.25) is 0 Å². The van der Waals surface area contributed by atoms with Gasteiger partial charge in [0.25, 0.3) is 0 Å². The molecule has 0 rings (SSSR count). The Balaban J connectivity index is 0. The number of rotatable bonds is 19. The molecule has 0 aromatic carbocycles. The summed E-state index contributed by atoms with van der Waals surface area (Å²) in [4.78, 5) is 12.1. The molecule has 0 saturated heterocycles. The molecule has 0 radical (unpaired) electrons. The molecule has 224 valence electrons. The van der Waals surface area contributed by atoms with Gasteiger partial charge in [-0.2, -0.15) is 13.2 Å². The average Bonchev–Trinajstić information content (AvgIpc) is 2.84. The first-order chi connectivity index (χ1) is 17.2. The van der Waals surface area contributed by atoms with E-state index in [0.29, 0.717) is 19.2 Å². The molecule has 0 aliphatic carbocycles. The summed E-state index contributed by atoms with van der Waals surface area (Å²) >= 11 is 0. The number of unbranched alkanes of at least 4 members (excludes halogenated alkanes) is 3. The Morgan fingerprint density at radius 3 is 1.59 bits per heavy atom. The summed E-state index contributed by atoms with van der Waals surface area (Å²) < 4.78 is 81.7. The van der Waals surface area contributed by atoms with Crippen LogP contribution in [0.15, 0.2) is 0 Å². The first-order valence-corrected chi connectivity index (χ1v) is 16.0. The normalized spacial score (nSPS) is 12.6. The number of amides is 1. The van der Waals surface area contributed by atoms with Crippen LogP contribution in [0, 0.1) is 0 Å². The minimum absolute atomic E-state index is 0.343. The van der Waals surface area contributed by atoms with Crippen LogP contribution >= 0.6 is 0 Å². The van der Waals surface area contributed by atoms with Crippen LogP contribution in [-0.2, 0) is 28.1 Å². The van der Waals surface area contributed by atoms with Crippen molar-refractivity contribution >= 4 is 25.0 Å². The summed E-state index contributed by atoms with van der Waals surface area (Å²) in [5, 5.41) is 2.83. The topological polar surface area (TPSA) is 123 Å². The second-order valence-corrected chi connectivity index (χ2v) is 13.1. The largest absolute Gasteiger partial charge is 0.741 e. The summed E-state index contributed by atoms with van der Waals surface area (Å²) in [5.41, 5.74) is -5.65. The third kappa shape index (κ3) is 17.3. The number of ether oxygens (including phenoxy) is 1. The lowest BCUT2D eigenvalue weighted by atomic mass is 10.1. The molecule has 0 fully saturated rings. The van der Waals surface area contributed by atoms with Gasteiger partial charge in [0, 0.05) is 33.9 Å². The lowest BCUT2D eigenvalue weighted by Crippen LogP contribution is -2.52. The molecule has 1 amide bonds. The molecule has 0 aliphatic heterocycles. The highest BCUT2D eigenvalue weighted by molar-refractivity contribution is 7.86. The fourth-order valence-electron chi connectivity index (χ4n) is 3.59. The van der Waals surface area contributed by atoms with Crippen molar-refractivity contribution in [2.45, 2.75) is 77.3 Å². The van der Waals surface area contributed by atoms with Gasteiger partial charge >= 0.3 is 20.4 Å². The smallest absolute Gasteiger partial charge is 0.500 e. The quantitative estimate of drug-likeness (QED) is 0.0786. The van der Waals surface area contributed by atoms with E-state index in [9.17, 15) is 18.0 Å². The van der Waals surface area contributed by atoms with Gasteiger partial charge in [0.05, 0.1) is 19.6 Å². The van der Waals surface area contributed by atoms with Gasteiger partial charge in [-0.25, -0.2) is 13.2 Å². The molecule has 10 nitrogen and oxygen atoms in total. The minimum atomic E-state index is -6.09. The van der Waals surface area contributed by atoms with E-state index < -0.39 is 24.4 Å². The van der Waals surface area contributed by atoms with Gasteiger partial charge in [-0.1, -0.05) is 40.0 Å². The SMILES string of the molecule is CCCC[N+](CCCC)(CCCC)CCOC(=O)NCCC[Si](OC)(OC)OC.O=S(=O)([O-])C(F)(F)F. The summed E-state index contributed by atoms with van der Waals surface area (Å²) in [6.45, 7) is 12.2. The van der Waals surface area contributed by atoms with Crippen LogP contribution in [0.3, 0.4) is 0 Å². The van der Waals surface area contributed by atoms with Crippen LogP contribution in [-0.4, -0.2) is 98.5 Å². The van der Waals surface area contributed by atoms with Crippen molar-refractivity contribution in [2.24, 2.45) is 0 Å². The molecule has 1 N–H and O–H groups in total. The van der Waals surface area contributed by atoms with Crippen molar-refractivity contribution in [1.82, 2.24) is 5.32 Å². The van der Waals surface area contributed by atoms with Crippen molar-refractivity contribution in [3.63, 3.8) is 0 Å². The highest BCUT2D eigenvalue weighted by Gasteiger charge is 2.37. The molecule has 0 aromatic rings. The second-order valence-electron chi connectivity index (χ2n) is 8.66. The molecule has 37 heavy (non-hydrogen) atoms. The van der Waals surface area contributed by atoms with Gasteiger partial charge in [-0.05, 0) is 25.7 Å². The number of hydrogen-bond acceptors (Lipinski definition) is 8. The summed E-state index contributed by atoms with van der Waals surface area (Å²) in [7, 11) is -3.87. The lowest BCUT2D eigenvalue weighted by molar-refractivity contribution is -0.929. The predicted octanol–water partition coefficient (Wildman–Crippen LogP) is 4.25. The maximum absolute atomic E-state index is 12.1. The highest BCUT2D eigenvalue weighted by atomic mass is 32.2. The highest BCUT2D eigenvalue weighted by Crippen LogP contribution is 2.20. The predicted molar refractivity (Wildman–Crippen MR) is 136 cm³/mol. The standard InChI is InChI=1S/C21H46N2O5Si.CHF3O3S/c1-7-10-15-23(16-11-8-2,17-12-9-3)18-19-28-21(24)22-14-13-20-29(25-4,26-5)27-6;2-1(3,4)8(5,6)7/h7-20H2,1-6H3;(H,5,6,7). The van der Waals surface area contributed by atoms with Crippen molar-refractivity contribution in [2.75, 3.05) is 60.7 Å². The fourth-order valence-corrected chi connectivity index (χ4v) is 5.31. The molecule has 0 aromatic heterocycles. The van der Waals surface area contributed by atoms with E-state index in [2.05, 4.69) is 26.1 Å². The first-order valence-electron chi connectivity index (χ1n) is 12.6. The molecule has 0 spiro atoms. The number of halogens is 3. The van der Waals surface area contributed by atoms with Crippen LogP contribution in [0.2, 0.25) is 6.04 Å². The van der Waals surface area contributed by atoms with Gasteiger partial charge in [0.15, 0.2) is 10.1 Å². The Kier molecular flexibility index (Phi) is 20.6. The lowest BCUT2D eigenvalue weighted by Gasteiger charge is -2.39. The Morgan fingerprint density at radius 2 is 1.27 bits per heavy atom. The number of quaternary nitrogens is 1. The van der Waals surface area contributed by atoms with E-state index in [0.717, 1.165) is 17.4 Å². The second kappa shape index (κ2) is 20.0. The first kappa shape index (κ1) is 38.2.